The second-order valence-corrected chi connectivity index (χ2v) is 11.1. The number of amides is 1. The lowest BCUT2D eigenvalue weighted by atomic mass is 9.78. The number of aryl methyl sites for hydroxylation is 3. The maximum Gasteiger partial charge on any atom is 0.252 e. The summed E-state index contributed by atoms with van der Waals surface area (Å²) in [6.45, 7) is 13.3. The molecule has 5 nitrogen and oxygen atoms in total. The van der Waals surface area contributed by atoms with Gasteiger partial charge in [0.25, 0.3) is 5.91 Å². The summed E-state index contributed by atoms with van der Waals surface area (Å²) in [6, 6.07) is 25.3. The van der Waals surface area contributed by atoms with Crippen LogP contribution in [0.15, 0.2) is 72.8 Å². The van der Waals surface area contributed by atoms with Crippen LogP contribution in [0.25, 0.3) is 0 Å². The number of rotatable bonds is 6. The molecule has 2 aliphatic heterocycles. The van der Waals surface area contributed by atoms with Gasteiger partial charge in [-0.15, -0.1) is 0 Å². The molecule has 40 heavy (non-hydrogen) atoms. The molecule has 2 aliphatic rings. The molecule has 0 bridgehead atoms. The van der Waals surface area contributed by atoms with Crippen LogP contribution in [-0.2, 0) is 18.5 Å². The monoisotopic (exact) mass is 531 g/mol. The highest BCUT2D eigenvalue weighted by Crippen LogP contribution is 2.50. The minimum atomic E-state index is -0.712. The van der Waals surface area contributed by atoms with Gasteiger partial charge in [0.05, 0.1) is 5.54 Å². The van der Waals surface area contributed by atoms with Gasteiger partial charge < -0.3 is 20.3 Å². The minimum absolute atomic E-state index is 0.0434. The van der Waals surface area contributed by atoms with Crippen molar-refractivity contribution < 1.29 is 9.53 Å². The van der Waals surface area contributed by atoms with Gasteiger partial charge in [-0.05, 0) is 86.7 Å². The Labute approximate surface area is 237 Å². The lowest BCUT2D eigenvalue weighted by Gasteiger charge is -2.31. The molecule has 1 unspecified atom stereocenters. The number of carbonyl (C=O) groups excluding carboxylic acids is 1. The third-order valence-corrected chi connectivity index (χ3v) is 8.56. The van der Waals surface area contributed by atoms with Crippen molar-refractivity contribution >= 4 is 17.3 Å². The second-order valence-electron chi connectivity index (χ2n) is 11.1. The summed E-state index contributed by atoms with van der Waals surface area (Å²) in [6.07, 6.45) is 0.598. The van der Waals surface area contributed by atoms with E-state index in [-0.39, 0.29) is 5.91 Å². The fourth-order valence-corrected chi connectivity index (χ4v) is 6.35. The summed E-state index contributed by atoms with van der Waals surface area (Å²) in [5.41, 5.74) is 10.2. The van der Waals surface area contributed by atoms with E-state index in [0.29, 0.717) is 6.42 Å². The maximum absolute atomic E-state index is 13.3. The molecule has 6 rings (SSSR count). The molecule has 0 radical (unpaired) electrons. The number of ether oxygens (including phenoxy) is 1. The van der Waals surface area contributed by atoms with E-state index in [2.05, 4.69) is 105 Å². The Balaban J connectivity index is 1.46. The molecule has 2 N–H and O–H groups in total. The summed E-state index contributed by atoms with van der Waals surface area (Å²) in [5, 5.41) is 7.08. The summed E-state index contributed by atoms with van der Waals surface area (Å²) in [5.74, 6) is 1.58. The third-order valence-electron chi connectivity index (χ3n) is 8.56. The Morgan fingerprint density at radius 1 is 0.875 bits per heavy atom. The van der Waals surface area contributed by atoms with Gasteiger partial charge in [-0.1, -0.05) is 48.0 Å². The molecule has 5 heteroatoms. The molecule has 4 aromatic rings. The van der Waals surface area contributed by atoms with E-state index in [1.165, 1.54) is 16.7 Å². The van der Waals surface area contributed by atoms with Gasteiger partial charge in [0.2, 0.25) is 0 Å². The first-order valence-electron chi connectivity index (χ1n) is 14.3. The smallest absolute Gasteiger partial charge is 0.252 e. The van der Waals surface area contributed by atoms with Crippen LogP contribution in [0.4, 0.5) is 11.4 Å². The number of hydrogen-bond acceptors (Lipinski definition) is 4. The molecule has 2 heterocycles. The number of carbonyl (C=O) groups is 1. The fraction of sp³-hybridized carbons (Fsp3) is 0.286. The summed E-state index contributed by atoms with van der Waals surface area (Å²) < 4.78 is 6.74. The number of benzene rings is 4. The van der Waals surface area contributed by atoms with Crippen molar-refractivity contribution in [2.24, 2.45) is 0 Å². The first-order valence-corrected chi connectivity index (χ1v) is 14.3. The van der Waals surface area contributed by atoms with E-state index in [9.17, 15) is 4.79 Å². The predicted molar refractivity (Wildman–Crippen MR) is 163 cm³/mol. The van der Waals surface area contributed by atoms with E-state index in [4.69, 9.17) is 4.74 Å². The van der Waals surface area contributed by atoms with E-state index in [1.807, 2.05) is 18.2 Å². The molecule has 1 amide bonds. The van der Waals surface area contributed by atoms with Crippen molar-refractivity contribution in [2.45, 2.75) is 53.1 Å². The molecule has 0 aliphatic carbocycles. The molecule has 4 aromatic carbocycles. The van der Waals surface area contributed by atoms with Gasteiger partial charge in [-0.25, -0.2) is 0 Å². The van der Waals surface area contributed by atoms with E-state index in [0.717, 1.165) is 70.3 Å². The zero-order valence-corrected chi connectivity index (χ0v) is 24.0. The molecular formula is C35H37N3O2. The predicted octanol–water partition coefficient (Wildman–Crippen LogP) is 7.41. The Morgan fingerprint density at radius 3 is 2.45 bits per heavy atom. The highest BCUT2D eigenvalue weighted by Gasteiger charge is 2.47. The molecular weight excluding hydrogens is 494 g/mol. The summed E-state index contributed by atoms with van der Waals surface area (Å²) >= 11 is 0. The average molecular weight is 532 g/mol. The van der Waals surface area contributed by atoms with Crippen LogP contribution in [0.2, 0.25) is 0 Å². The standard InChI is InChI=1S/C35H37N3O2/c1-6-38(7-2)27-14-15-30-33(19-27)40-32-17-24(5)31(36-21-25-13-12-22(3)16-23(25)4)18-26(32)20-35(30)29-11-9-8-10-28(29)34(39)37-35/h8-19,36H,6-7,20-21H2,1-5H3,(H,37,39). The van der Waals surface area contributed by atoms with Crippen LogP contribution in [-0.4, -0.2) is 19.0 Å². The number of fused-ring (bicyclic) bond motifs is 5. The topological polar surface area (TPSA) is 53.6 Å². The molecule has 0 saturated heterocycles. The number of hydrogen-bond donors (Lipinski definition) is 2. The molecule has 0 fully saturated rings. The SMILES string of the molecule is CCN(CC)c1ccc2c(c1)Oc1cc(C)c(NCc3ccc(C)cc3C)cc1CC21NC(=O)c2ccccc21. The Kier molecular flexibility index (Phi) is 6.53. The summed E-state index contributed by atoms with van der Waals surface area (Å²) in [7, 11) is 0. The quantitative estimate of drug-likeness (QED) is 0.272. The van der Waals surface area contributed by atoms with Crippen molar-refractivity contribution in [1.29, 1.82) is 0 Å². The lowest BCUT2D eigenvalue weighted by molar-refractivity contribution is 0.0940. The Hall–Kier alpha value is -4.25. The van der Waals surface area contributed by atoms with Crippen LogP contribution in [0.5, 0.6) is 11.5 Å². The molecule has 0 saturated carbocycles. The molecule has 204 valence electrons. The van der Waals surface area contributed by atoms with Gasteiger partial charge in [-0.3, -0.25) is 4.79 Å². The van der Waals surface area contributed by atoms with Gasteiger partial charge in [-0.2, -0.15) is 0 Å². The van der Waals surface area contributed by atoms with Crippen LogP contribution in [0, 0.1) is 20.8 Å². The summed E-state index contributed by atoms with van der Waals surface area (Å²) in [4.78, 5) is 15.6. The first-order chi connectivity index (χ1) is 19.3. The van der Waals surface area contributed by atoms with Crippen molar-refractivity contribution in [3.63, 3.8) is 0 Å². The van der Waals surface area contributed by atoms with E-state index in [1.54, 1.807) is 0 Å². The van der Waals surface area contributed by atoms with Crippen molar-refractivity contribution in [1.82, 2.24) is 5.32 Å². The highest BCUT2D eigenvalue weighted by atomic mass is 16.5. The van der Waals surface area contributed by atoms with Crippen LogP contribution in [0.3, 0.4) is 0 Å². The Bertz CT molecular complexity index is 1620. The highest BCUT2D eigenvalue weighted by molar-refractivity contribution is 6.01. The second kappa shape index (κ2) is 10.1. The van der Waals surface area contributed by atoms with Crippen molar-refractivity contribution in [3.8, 4) is 11.5 Å². The first kappa shape index (κ1) is 26.0. The Morgan fingerprint density at radius 2 is 1.68 bits per heavy atom. The number of nitrogens with zero attached hydrogens (tertiary/aromatic N) is 1. The fourth-order valence-electron chi connectivity index (χ4n) is 6.35. The van der Waals surface area contributed by atoms with Gasteiger partial charge in [0.15, 0.2) is 0 Å². The van der Waals surface area contributed by atoms with Crippen molar-refractivity contribution in [2.75, 3.05) is 23.3 Å². The van der Waals surface area contributed by atoms with E-state index < -0.39 is 5.54 Å². The average Bonchev–Trinajstić information content (AvgIpc) is 3.15. The zero-order valence-electron chi connectivity index (χ0n) is 24.0. The molecule has 1 atom stereocenters. The van der Waals surface area contributed by atoms with Crippen LogP contribution < -0.4 is 20.3 Å². The van der Waals surface area contributed by atoms with E-state index >= 15 is 0 Å². The number of nitrogens with one attached hydrogen (secondary N) is 2. The maximum atomic E-state index is 13.3. The van der Waals surface area contributed by atoms with Crippen molar-refractivity contribution in [3.05, 3.63) is 117 Å². The molecule has 0 aromatic heterocycles. The minimum Gasteiger partial charge on any atom is -0.457 e. The zero-order chi connectivity index (χ0) is 28.0. The van der Waals surface area contributed by atoms with Gasteiger partial charge >= 0.3 is 0 Å². The van der Waals surface area contributed by atoms with Crippen LogP contribution >= 0.6 is 0 Å². The van der Waals surface area contributed by atoms with Gasteiger partial charge in [0.1, 0.15) is 11.5 Å². The largest absolute Gasteiger partial charge is 0.457 e. The van der Waals surface area contributed by atoms with Gasteiger partial charge in [0, 0.05) is 54.6 Å². The lowest BCUT2D eigenvalue weighted by Crippen LogP contribution is -2.42. The number of anilines is 2. The van der Waals surface area contributed by atoms with Crippen LogP contribution in [0.1, 0.15) is 63.1 Å². The normalized spacial score (nSPS) is 16.9. The third kappa shape index (κ3) is 4.30. The molecule has 1 spiro atoms.